The maximum atomic E-state index is 3.89. The van der Waals surface area contributed by atoms with Crippen molar-refractivity contribution in [3.63, 3.8) is 0 Å². The van der Waals surface area contributed by atoms with Crippen LogP contribution in [0.5, 0.6) is 0 Å². The zero-order valence-electron chi connectivity index (χ0n) is 23.1. The van der Waals surface area contributed by atoms with Gasteiger partial charge in [-0.15, -0.1) is 22.3 Å². The summed E-state index contributed by atoms with van der Waals surface area (Å²) in [6, 6.07) is 11.0. The van der Waals surface area contributed by atoms with Crippen LogP contribution in [0, 0.1) is 13.0 Å². The van der Waals surface area contributed by atoms with Gasteiger partial charge < -0.3 is 24.8 Å². The van der Waals surface area contributed by atoms with Crippen molar-refractivity contribution in [3.05, 3.63) is 82.0 Å². The van der Waals surface area contributed by atoms with Crippen LogP contribution in [0.2, 0.25) is 0 Å². The Labute approximate surface area is 247 Å². The first-order valence-corrected chi connectivity index (χ1v) is 14.3. The Balaban J connectivity index is 0.000000441. The third-order valence-corrected chi connectivity index (χ3v) is 8.75. The molecule has 2 aromatic carbocycles. The van der Waals surface area contributed by atoms with E-state index in [-0.39, 0.29) is 35.6 Å². The summed E-state index contributed by atoms with van der Waals surface area (Å²) in [6.45, 7) is 16.2. The molecule has 2 aromatic rings. The predicted octanol–water partition coefficient (Wildman–Crippen LogP) is 2.85. The second kappa shape index (κ2) is 12.4. The van der Waals surface area contributed by atoms with E-state index in [0.717, 1.165) is 6.42 Å². The monoisotopic (exact) mass is 597 g/mol. The second-order valence-corrected chi connectivity index (χ2v) is 14.1. The van der Waals surface area contributed by atoms with Crippen molar-refractivity contribution in [1.29, 1.82) is 0 Å². The summed E-state index contributed by atoms with van der Waals surface area (Å²) in [5.41, 5.74) is 11.7. The molecule has 0 atom stereocenters. The molecule has 3 aliphatic carbocycles. The molecular weight excluding hydrogens is 558 g/mol. The Morgan fingerprint density at radius 3 is 1.97 bits per heavy atom. The maximum absolute atomic E-state index is 3.89. The Kier molecular flexibility index (Phi) is 10.8. The van der Waals surface area contributed by atoms with E-state index < -0.39 is 0 Å². The summed E-state index contributed by atoms with van der Waals surface area (Å²) in [5, 5.41) is 0. The van der Waals surface area contributed by atoms with Crippen LogP contribution in [0.4, 0.5) is 0 Å². The molecule has 5 rings (SSSR count). The normalized spacial score (nSPS) is 16.5. The van der Waals surface area contributed by atoms with Gasteiger partial charge in [0.2, 0.25) is 0 Å². The van der Waals surface area contributed by atoms with Gasteiger partial charge >= 0.3 is 59.5 Å². The molecule has 0 unspecified atom stereocenters. The topological polar surface area (TPSA) is 0 Å². The standard InChI is InChI=1S/C27H31.C6H10.2ClH.Zr/c1-17-24-20(14-19-15-21(26(2,3)4)12-13-22(19)24)16-23(27(5,6)7)25(17)18-10-8-9-11-18;1-2-4-6-5-3-1;;;/h8-13,15,18H,14H2,1-7H3;1-5H2;2*1H;/q-1;;;;+2/p-2. The first-order chi connectivity index (χ1) is 16.0. The van der Waals surface area contributed by atoms with Crippen LogP contribution < -0.4 is 24.8 Å². The van der Waals surface area contributed by atoms with Crippen LogP contribution in [0.3, 0.4) is 0 Å². The van der Waals surface area contributed by atoms with Crippen LogP contribution >= 0.6 is 0 Å². The first kappa shape index (κ1) is 31.5. The van der Waals surface area contributed by atoms with Crippen molar-refractivity contribution in [2.75, 3.05) is 0 Å². The molecule has 1 fully saturated rings. The van der Waals surface area contributed by atoms with Crippen molar-refractivity contribution in [2.45, 2.75) is 104 Å². The number of hydrogen-bond donors (Lipinski definition) is 0. The molecule has 0 bridgehead atoms. The molecule has 0 radical (unpaired) electrons. The molecule has 0 aliphatic heterocycles. The van der Waals surface area contributed by atoms with Crippen molar-refractivity contribution in [1.82, 2.24) is 0 Å². The number of benzene rings is 2. The van der Waals surface area contributed by atoms with Crippen LogP contribution in [0.15, 0.2) is 42.5 Å². The summed E-state index contributed by atoms with van der Waals surface area (Å²) < 4.78 is 1.80. The van der Waals surface area contributed by atoms with Crippen LogP contribution in [0.25, 0.3) is 11.1 Å². The molecule has 0 nitrogen and oxygen atoms in total. The van der Waals surface area contributed by atoms with Crippen LogP contribution in [-0.2, 0) is 41.5 Å². The molecule has 0 heterocycles. The second-order valence-electron chi connectivity index (χ2n) is 12.4. The van der Waals surface area contributed by atoms with E-state index in [0.29, 0.717) is 5.92 Å². The van der Waals surface area contributed by atoms with E-state index in [1.54, 1.807) is 27.4 Å². The van der Waals surface area contributed by atoms with E-state index >= 15 is 0 Å². The fourth-order valence-electron chi connectivity index (χ4n) is 5.58. The van der Waals surface area contributed by atoms with Gasteiger partial charge in [-0.25, -0.2) is 0 Å². The molecule has 0 N–H and O–H groups in total. The SMILES string of the molecule is Cc1c2c([c-]c(C(C)(C)C)c1C1C=CC=C1)Cc1cc(C(C)(C)C)ccc1-2.[Cl-].[Cl-].[Zr+2]=[C]1CCCCC1. The Hall–Kier alpha value is -0.747. The van der Waals surface area contributed by atoms with Gasteiger partial charge in [-0.05, 0) is 34.3 Å². The number of allylic oxidation sites excluding steroid dienone is 4. The summed E-state index contributed by atoms with van der Waals surface area (Å²) in [7, 11) is 0. The quantitative estimate of drug-likeness (QED) is 0.378. The molecule has 1 saturated carbocycles. The van der Waals surface area contributed by atoms with Gasteiger partial charge in [-0.3, -0.25) is 0 Å². The molecule has 3 heteroatoms. The molecule has 0 saturated heterocycles. The fraction of sp³-hybridized carbons (Fsp3) is 0.485. The van der Waals surface area contributed by atoms with E-state index in [1.165, 1.54) is 76.6 Å². The fourth-order valence-corrected chi connectivity index (χ4v) is 6.45. The summed E-state index contributed by atoms with van der Waals surface area (Å²) in [6.07, 6.45) is 17.3. The van der Waals surface area contributed by atoms with Gasteiger partial charge in [0.1, 0.15) is 0 Å². The average molecular weight is 600 g/mol. The van der Waals surface area contributed by atoms with Crippen molar-refractivity contribution >= 4 is 3.21 Å². The van der Waals surface area contributed by atoms with Gasteiger partial charge in [0.05, 0.1) is 0 Å². The van der Waals surface area contributed by atoms with Crippen molar-refractivity contribution in [3.8, 4) is 11.1 Å². The van der Waals surface area contributed by atoms with Gasteiger partial charge in [-0.2, -0.15) is 11.6 Å². The predicted molar refractivity (Wildman–Crippen MR) is 145 cm³/mol. The number of halogens is 2. The van der Waals surface area contributed by atoms with Gasteiger partial charge in [0.15, 0.2) is 0 Å². The van der Waals surface area contributed by atoms with E-state index in [9.17, 15) is 0 Å². The van der Waals surface area contributed by atoms with Gasteiger partial charge in [0, 0.05) is 0 Å². The van der Waals surface area contributed by atoms with Crippen LogP contribution in [0.1, 0.15) is 113 Å². The van der Waals surface area contributed by atoms with Crippen LogP contribution in [-0.4, -0.2) is 3.21 Å². The third-order valence-electron chi connectivity index (χ3n) is 7.52. The zero-order valence-corrected chi connectivity index (χ0v) is 27.1. The molecule has 192 valence electrons. The summed E-state index contributed by atoms with van der Waals surface area (Å²) in [5.74, 6) is 0.374. The third kappa shape index (κ3) is 6.81. The molecule has 0 spiro atoms. The minimum atomic E-state index is 0. The average Bonchev–Trinajstić information content (AvgIpc) is 3.40. The summed E-state index contributed by atoms with van der Waals surface area (Å²) >= 11 is 1.69. The number of fused-ring (bicyclic) bond motifs is 3. The minimum absolute atomic E-state index is 0. The van der Waals surface area contributed by atoms with E-state index in [4.69, 9.17) is 0 Å². The first-order valence-electron chi connectivity index (χ1n) is 13.1. The Morgan fingerprint density at radius 2 is 1.47 bits per heavy atom. The van der Waals surface area contributed by atoms with Crippen molar-refractivity contribution in [2.24, 2.45) is 0 Å². The number of hydrogen-bond acceptors (Lipinski definition) is 0. The van der Waals surface area contributed by atoms with Gasteiger partial charge in [-0.1, -0.05) is 96.5 Å². The van der Waals surface area contributed by atoms with Gasteiger partial charge in [0.25, 0.3) is 0 Å². The Morgan fingerprint density at radius 1 is 0.861 bits per heavy atom. The molecule has 3 aliphatic rings. The number of rotatable bonds is 1. The molecule has 0 aromatic heterocycles. The molecule has 36 heavy (non-hydrogen) atoms. The van der Waals surface area contributed by atoms with Crippen molar-refractivity contribution < 1.29 is 49.0 Å². The Bertz CT molecular complexity index is 1140. The summed E-state index contributed by atoms with van der Waals surface area (Å²) in [4.78, 5) is 0. The molecule has 0 amide bonds. The zero-order chi connectivity index (χ0) is 24.7. The van der Waals surface area contributed by atoms with E-state index in [2.05, 4.69) is 97.0 Å². The van der Waals surface area contributed by atoms with E-state index in [1.807, 2.05) is 0 Å². The molecular formula is C33H41Cl2Zr-.